The molecule has 0 saturated heterocycles. The number of hydrogen-bond donors (Lipinski definition) is 0. The molecule has 0 amide bonds. The second-order valence-corrected chi connectivity index (χ2v) is 5.76. The lowest BCUT2D eigenvalue weighted by Gasteiger charge is -2.14. The first-order valence-corrected chi connectivity index (χ1v) is 6.44. The minimum Gasteiger partial charge on any atom is -0.339 e. The van der Waals surface area contributed by atoms with E-state index in [-0.39, 0.29) is 18.0 Å². The van der Waals surface area contributed by atoms with Gasteiger partial charge in [-0.15, -0.1) is 0 Å². The van der Waals surface area contributed by atoms with Crippen molar-refractivity contribution in [2.45, 2.75) is 33.6 Å². The van der Waals surface area contributed by atoms with Gasteiger partial charge in [0.15, 0.2) is 5.82 Å². The van der Waals surface area contributed by atoms with Gasteiger partial charge in [0.25, 0.3) is 0 Å². The van der Waals surface area contributed by atoms with Crippen molar-refractivity contribution in [2.75, 3.05) is 0 Å². The molecule has 1 aromatic heterocycles. The number of aromatic nitrogens is 2. The van der Waals surface area contributed by atoms with E-state index >= 15 is 0 Å². The number of nitrogens with zero attached hydrogens (tertiary/aromatic N) is 2. The van der Waals surface area contributed by atoms with Gasteiger partial charge in [-0.1, -0.05) is 38.1 Å². The number of ketones is 1. The van der Waals surface area contributed by atoms with Gasteiger partial charge in [0.2, 0.25) is 5.89 Å². The van der Waals surface area contributed by atoms with Gasteiger partial charge < -0.3 is 4.52 Å². The maximum Gasteiger partial charge on any atom is 0.234 e. The topological polar surface area (TPSA) is 56.0 Å². The molecule has 5 heteroatoms. The van der Waals surface area contributed by atoms with Crippen LogP contribution in [0, 0.1) is 11.2 Å². The van der Waals surface area contributed by atoms with E-state index < -0.39 is 5.41 Å². The highest BCUT2D eigenvalue weighted by molar-refractivity contribution is 5.84. The van der Waals surface area contributed by atoms with Crippen LogP contribution >= 0.6 is 0 Å². The molecule has 1 aromatic carbocycles. The van der Waals surface area contributed by atoms with Gasteiger partial charge in [-0.2, -0.15) is 4.98 Å². The summed E-state index contributed by atoms with van der Waals surface area (Å²) in [5.41, 5.74) is 0.465. The van der Waals surface area contributed by atoms with Crippen molar-refractivity contribution in [2.24, 2.45) is 5.41 Å². The summed E-state index contributed by atoms with van der Waals surface area (Å²) in [6.07, 6.45) is 0.591. The Labute approximate surface area is 117 Å². The summed E-state index contributed by atoms with van der Waals surface area (Å²) in [5, 5.41) is 3.84. The Kier molecular flexibility index (Phi) is 3.97. The lowest BCUT2D eigenvalue weighted by atomic mass is 9.89. The van der Waals surface area contributed by atoms with Gasteiger partial charge in [0, 0.05) is 11.8 Å². The molecule has 0 fully saturated rings. The van der Waals surface area contributed by atoms with Crippen LogP contribution in [0.3, 0.4) is 0 Å². The Morgan fingerprint density at radius 1 is 1.25 bits per heavy atom. The molecule has 0 aliphatic carbocycles. The van der Waals surface area contributed by atoms with Gasteiger partial charge in [0.1, 0.15) is 11.6 Å². The van der Waals surface area contributed by atoms with E-state index in [9.17, 15) is 9.18 Å². The predicted octanol–water partition coefficient (Wildman–Crippen LogP) is 2.96. The third-order valence-corrected chi connectivity index (χ3v) is 2.93. The number of halogens is 1. The molecule has 0 aliphatic heterocycles. The number of carbonyl (C=O) groups is 1. The van der Waals surface area contributed by atoms with Crippen LogP contribution in [0.25, 0.3) is 0 Å². The minimum atomic E-state index is -0.425. The third kappa shape index (κ3) is 3.73. The summed E-state index contributed by atoms with van der Waals surface area (Å²) in [5.74, 6) is 0.586. The van der Waals surface area contributed by atoms with E-state index in [1.165, 1.54) is 12.1 Å². The molecule has 20 heavy (non-hydrogen) atoms. The van der Waals surface area contributed by atoms with E-state index in [1.54, 1.807) is 12.1 Å². The molecule has 0 spiro atoms. The molecule has 0 atom stereocenters. The number of carbonyl (C=O) groups excluding carboxylic acids is 1. The van der Waals surface area contributed by atoms with E-state index in [4.69, 9.17) is 4.52 Å². The molecule has 0 saturated carbocycles. The van der Waals surface area contributed by atoms with Crippen molar-refractivity contribution in [1.29, 1.82) is 0 Å². The Bertz CT molecular complexity index is 597. The van der Waals surface area contributed by atoms with Crippen LogP contribution in [0.4, 0.5) is 4.39 Å². The Hall–Kier alpha value is -2.04. The summed E-state index contributed by atoms with van der Waals surface area (Å²) in [7, 11) is 0. The zero-order valence-corrected chi connectivity index (χ0v) is 11.8. The van der Waals surface area contributed by atoms with Gasteiger partial charge in [-0.05, 0) is 17.7 Å². The van der Waals surface area contributed by atoms with Crippen LogP contribution in [0.5, 0.6) is 0 Å². The molecule has 1 heterocycles. The number of Topliss-reactive ketones (excluding diaryl/α,β-unsaturated/α-hetero) is 1. The van der Waals surface area contributed by atoms with Crippen molar-refractivity contribution in [3.05, 3.63) is 47.4 Å². The molecule has 2 aromatic rings. The normalized spacial score (nSPS) is 11.6. The molecule has 0 unspecified atom stereocenters. The van der Waals surface area contributed by atoms with Crippen molar-refractivity contribution in [1.82, 2.24) is 10.1 Å². The molecular weight excluding hydrogens is 259 g/mol. The maximum atomic E-state index is 12.8. The average molecular weight is 276 g/mol. The first-order valence-electron chi connectivity index (χ1n) is 6.44. The standard InChI is InChI=1S/C15H17FN2O2/c1-15(2,3)12(19)9-14-17-13(18-20-14)8-10-4-6-11(16)7-5-10/h4-7H,8-9H2,1-3H3. The van der Waals surface area contributed by atoms with Crippen LogP contribution in [-0.2, 0) is 17.6 Å². The van der Waals surface area contributed by atoms with Crippen LogP contribution < -0.4 is 0 Å². The fourth-order valence-corrected chi connectivity index (χ4v) is 1.62. The van der Waals surface area contributed by atoms with Crippen LogP contribution in [0.1, 0.15) is 38.0 Å². The fraction of sp³-hybridized carbons (Fsp3) is 0.400. The van der Waals surface area contributed by atoms with Crippen LogP contribution in [0.2, 0.25) is 0 Å². The highest BCUT2D eigenvalue weighted by atomic mass is 19.1. The quantitative estimate of drug-likeness (QED) is 0.861. The Morgan fingerprint density at radius 3 is 2.50 bits per heavy atom. The van der Waals surface area contributed by atoms with Gasteiger partial charge >= 0.3 is 0 Å². The van der Waals surface area contributed by atoms with Crippen LogP contribution in [0.15, 0.2) is 28.8 Å². The van der Waals surface area contributed by atoms with Crippen molar-refractivity contribution < 1.29 is 13.7 Å². The number of benzene rings is 1. The monoisotopic (exact) mass is 276 g/mol. The second kappa shape index (κ2) is 5.53. The lowest BCUT2D eigenvalue weighted by molar-refractivity contribution is -0.125. The SMILES string of the molecule is CC(C)(C)C(=O)Cc1nc(Cc2ccc(F)cc2)no1. The van der Waals surface area contributed by atoms with E-state index in [2.05, 4.69) is 10.1 Å². The second-order valence-electron chi connectivity index (χ2n) is 5.76. The molecule has 2 rings (SSSR count). The van der Waals surface area contributed by atoms with Crippen LogP contribution in [-0.4, -0.2) is 15.9 Å². The van der Waals surface area contributed by atoms with Crippen molar-refractivity contribution in [3.63, 3.8) is 0 Å². The Morgan fingerprint density at radius 2 is 1.90 bits per heavy atom. The first-order chi connectivity index (χ1) is 9.34. The van der Waals surface area contributed by atoms with Gasteiger partial charge in [-0.25, -0.2) is 4.39 Å². The molecular formula is C15H17FN2O2. The highest BCUT2D eigenvalue weighted by Crippen LogP contribution is 2.17. The Balaban J connectivity index is 2.02. The average Bonchev–Trinajstić information content (AvgIpc) is 2.78. The van der Waals surface area contributed by atoms with E-state index in [0.717, 1.165) is 5.56 Å². The molecule has 0 aliphatic rings. The van der Waals surface area contributed by atoms with Crippen molar-refractivity contribution >= 4 is 5.78 Å². The molecule has 0 bridgehead atoms. The van der Waals surface area contributed by atoms with Gasteiger partial charge in [0.05, 0.1) is 6.42 Å². The first kappa shape index (κ1) is 14.4. The lowest BCUT2D eigenvalue weighted by Crippen LogP contribution is -2.22. The maximum absolute atomic E-state index is 12.8. The van der Waals surface area contributed by atoms with Crippen molar-refractivity contribution in [3.8, 4) is 0 Å². The smallest absolute Gasteiger partial charge is 0.234 e. The summed E-state index contributed by atoms with van der Waals surface area (Å²) >= 11 is 0. The molecule has 0 radical (unpaired) electrons. The summed E-state index contributed by atoms with van der Waals surface area (Å²) < 4.78 is 17.9. The van der Waals surface area contributed by atoms with E-state index in [1.807, 2.05) is 20.8 Å². The molecule has 0 N–H and O–H groups in total. The van der Waals surface area contributed by atoms with Gasteiger partial charge in [-0.3, -0.25) is 4.79 Å². The summed E-state index contributed by atoms with van der Waals surface area (Å²) in [6.45, 7) is 5.56. The zero-order valence-electron chi connectivity index (χ0n) is 11.8. The number of rotatable bonds is 4. The number of hydrogen-bond acceptors (Lipinski definition) is 4. The minimum absolute atomic E-state index is 0.0504. The third-order valence-electron chi connectivity index (χ3n) is 2.93. The largest absolute Gasteiger partial charge is 0.339 e. The summed E-state index contributed by atoms with van der Waals surface area (Å²) in [4.78, 5) is 16.1. The predicted molar refractivity (Wildman–Crippen MR) is 71.7 cm³/mol. The van der Waals surface area contributed by atoms with E-state index in [0.29, 0.717) is 18.1 Å². The summed E-state index contributed by atoms with van der Waals surface area (Å²) in [6, 6.07) is 6.12. The fourth-order valence-electron chi connectivity index (χ4n) is 1.62. The highest BCUT2D eigenvalue weighted by Gasteiger charge is 2.23. The molecule has 4 nitrogen and oxygen atoms in total. The molecule has 106 valence electrons. The zero-order chi connectivity index (χ0) is 14.8.